The van der Waals surface area contributed by atoms with Crippen molar-refractivity contribution in [3.8, 4) is 0 Å². The molecule has 1 amide bonds. The zero-order valence-corrected chi connectivity index (χ0v) is 13.5. The molecule has 0 spiro atoms. The van der Waals surface area contributed by atoms with E-state index in [1.165, 1.54) is 17.7 Å². The first-order valence-electron chi connectivity index (χ1n) is 8.19. The summed E-state index contributed by atoms with van der Waals surface area (Å²) < 4.78 is 13.4. The number of carbonyl (C=O) groups is 1. The number of aryl methyl sites for hydroxylation is 1. The van der Waals surface area contributed by atoms with Crippen LogP contribution < -0.4 is 5.32 Å². The Morgan fingerprint density at radius 3 is 2.83 bits per heavy atom. The minimum atomic E-state index is -0.242. The Balaban J connectivity index is 1.54. The van der Waals surface area contributed by atoms with Crippen LogP contribution in [-0.2, 0) is 5.41 Å². The van der Waals surface area contributed by atoms with Crippen molar-refractivity contribution in [2.75, 3.05) is 6.54 Å². The number of halogens is 1. The lowest BCUT2D eigenvalue weighted by atomic mass is 9.95. The van der Waals surface area contributed by atoms with Crippen LogP contribution >= 0.6 is 0 Å². The van der Waals surface area contributed by atoms with E-state index >= 15 is 0 Å². The molecule has 0 aliphatic heterocycles. The quantitative estimate of drug-likeness (QED) is 0.747. The Hall–Kier alpha value is -2.62. The third kappa shape index (κ3) is 2.58. The molecule has 1 heterocycles. The van der Waals surface area contributed by atoms with Crippen LogP contribution in [0, 0.1) is 12.7 Å². The number of carbonyl (C=O) groups excluding carboxylic acids is 1. The van der Waals surface area contributed by atoms with Crippen molar-refractivity contribution < 1.29 is 9.18 Å². The number of aromatic nitrogens is 1. The van der Waals surface area contributed by atoms with Gasteiger partial charge in [-0.1, -0.05) is 17.7 Å². The van der Waals surface area contributed by atoms with Gasteiger partial charge in [-0.05, 0) is 55.7 Å². The molecule has 0 radical (unpaired) electrons. The van der Waals surface area contributed by atoms with Crippen molar-refractivity contribution in [2.24, 2.45) is 0 Å². The molecule has 122 valence electrons. The molecule has 2 aromatic carbocycles. The Bertz CT molecular complexity index is 924. The topological polar surface area (TPSA) is 44.9 Å². The van der Waals surface area contributed by atoms with E-state index in [2.05, 4.69) is 10.3 Å². The van der Waals surface area contributed by atoms with E-state index < -0.39 is 0 Å². The summed E-state index contributed by atoms with van der Waals surface area (Å²) in [7, 11) is 0. The van der Waals surface area contributed by atoms with Gasteiger partial charge in [0.1, 0.15) is 5.82 Å². The summed E-state index contributed by atoms with van der Waals surface area (Å²) in [6.07, 6.45) is 4.02. The Labute approximate surface area is 139 Å². The van der Waals surface area contributed by atoms with Crippen molar-refractivity contribution >= 4 is 16.8 Å². The van der Waals surface area contributed by atoms with Gasteiger partial charge < -0.3 is 10.3 Å². The number of amides is 1. The van der Waals surface area contributed by atoms with Crippen LogP contribution in [0.5, 0.6) is 0 Å². The largest absolute Gasteiger partial charge is 0.361 e. The predicted molar refractivity (Wildman–Crippen MR) is 92.7 cm³/mol. The van der Waals surface area contributed by atoms with Crippen LogP contribution in [0.4, 0.5) is 4.39 Å². The lowest BCUT2D eigenvalue weighted by Gasteiger charge is -2.16. The zero-order valence-electron chi connectivity index (χ0n) is 13.5. The number of nitrogens with one attached hydrogen (secondary N) is 2. The molecule has 1 aromatic heterocycles. The Kier molecular flexibility index (Phi) is 3.41. The molecule has 1 aliphatic carbocycles. The van der Waals surface area contributed by atoms with E-state index in [1.807, 2.05) is 43.5 Å². The Morgan fingerprint density at radius 1 is 1.25 bits per heavy atom. The van der Waals surface area contributed by atoms with Crippen LogP contribution in [0.2, 0.25) is 0 Å². The fourth-order valence-corrected chi connectivity index (χ4v) is 3.37. The molecule has 3 nitrogen and oxygen atoms in total. The third-order valence-corrected chi connectivity index (χ3v) is 4.94. The molecule has 1 aliphatic rings. The number of hydrogen-bond donors (Lipinski definition) is 2. The molecule has 0 unspecified atom stereocenters. The predicted octanol–water partition coefficient (Wildman–Crippen LogP) is 4.08. The van der Waals surface area contributed by atoms with Gasteiger partial charge in [0.25, 0.3) is 5.91 Å². The summed E-state index contributed by atoms with van der Waals surface area (Å²) in [4.78, 5) is 15.5. The summed E-state index contributed by atoms with van der Waals surface area (Å²) in [5.74, 6) is -0.288. The SMILES string of the molecule is Cc1cccc(C(=O)NCC2(c3c[nH]c4cc(F)ccc34)CC2)c1. The smallest absolute Gasteiger partial charge is 0.251 e. The second kappa shape index (κ2) is 5.48. The molecule has 2 N–H and O–H groups in total. The van der Waals surface area contributed by atoms with Gasteiger partial charge in [0, 0.05) is 34.6 Å². The lowest BCUT2D eigenvalue weighted by molar-refractivity contribution is 0.0949. The number of fused-ring (bicyclic) bond motifs is 1. The highest BCUT2D eigenvalue weighted by atomic mass is 19.1. The molecular weight excluding hydrogens is 303 g/mol. The van der Waals surface area contributed by atoms with Gasteiger partial charge in [0.05, 0.1) is 0 Å². The number of benzene rings is 2. The summed E-state index contributed by atoms with van der Waals surface area (Å²) in [5, 5.41) is 4.11. The van der Waals surface area contributed by atoms with Crippen molar-refractivity contribution in [1.29, 1.82) is 0 Å². The fraction of sp³-hybridized carbons (Fsp3) is 0.250. The van der Waals surface area contributed by atoms with E-state index in [-0.39, 0.29) is 17.1 Å². The average Bonchev–Trinajstić information content (AvgIpc) is 3.24. The summed E-state index contributed by atoms with van der Waals surface area (Å²) in [5.41, 5.74) is 3.70. The molecule has 24 heavy (non-hydrogen) atoms. The number of aromatic amines is 1. The first-order valence-corrected chi connectivity index (χ1v) is 8.19. The molecule has 1 fully saturated rings. The zero-order chi connectivity index (χ0) is 16.7. The third-order valence-electron chi connectivity index (χ3n) is 4.94. The van der Waals surface area contributed by atoms with Gasteiger partial charge >= 0.3 is 0 Å². The van der Waals surface area contributed by atoms with E-state index in [0.29, 0.717) is 12.1 Å². The van der Waals surface area contributed by atoms with Crippen LogP contribution in [0.3, 0.4) is 0 Å². The lowest BCUT2D eigenvalue weighted by Crippen LogP contribution is -2.32. The van der Waals surface area contributed by atoms with Crippen molar-refractivity contribution in [3.63, 3.8) is 0 Å². The first kappa shape index (κ1) is 14.9. The molecule has 0 saturated heterocycles. The number of H-pyrrole nitrogens is 1. The van der Waals surface area contributed by atoms with Crippen LogP contribution in [0.15, 0.2) is 48.7 Å². The van der Waals surface area contributed by atoms with Crippen molar-refractivity contribution in [1.82, 2.24) is 10.3 Å². The van der Waals surface area contributed by atoms with Crippen molar-refractivity contribution in [3.05, 3.63) is 71.2 Å². The highest BCUT2D eigenvalue weighted by molar-refractivity contribution is 5.94. The van der Waals surface area contributed by atoms with Gasteiger partial charge in [-0.15, -0.1) is 0 Å². The Morgan fingerprint density at radius 2 is 2.08 bits per heavy atom. The average molecular weight is 322 g/mol. The maximum Gasteiger partial charge on any atom is 0.251 e. The van der Waals surface area contributed by atoms with Crippen LogP contribution in [-0.4, -0.2) is 17.4 Å². The minimum absolute atomic E-state index is 0.0322. The molecule has 4 heteroatoms. The van der Waals surface area contributed by atoms with Gasteiger partial charge in [0.15, 0.2) is 0 Å². The van der Waals surface area contributed by atoms with E-state index in [0.717, 1.165) is 29.3 Å². The van der Waals surface area contributed by atoms with Crippen molar-refractivity contribution in [2.45, 2.75) is 25.2 Å². The molecule has 3 aromatic rings. The highest BCUT2D eigenvalue weighted by Crippen LogP contribution is 2.50. The summed E-state index contributed by atoms with van der Waals surface area (Å²) in [6, 6.07) is 12.4. The second-order valence-electron chi connectivity index (χ2n) is 6.72. The van der Waals surface area contributed by atoms with Crippen LogP contribution in [0.1, 0.15) is 34.3 Å². The standard InChI is InChI=1S/C20H19FN2O/c1-13-3-2-4-14(9-13)19(24)23-12-20(7-8-20)17-11-22-18-10-15(21)5-6-16(17)18/h2-6,9-11,22H,7-8,12H2,1H3,(H,23,24). The monoisotopic (exact) mass is 322 g/mol. The normalized spacial score (nSPS) is 15.4. The molecule has 0 bridgehead atoms. The summed E-state index contributed by atoms with van der Waals surface area (Å²) in [6.45, 7) is 2.58. The van der Waals surface area contributed by atoms with E-state index in [1.54, 1.807) is 0 Å². The minimum Gasteiger partial charge on any atom is -0.361 e. The van der Waals surface area contributed by atoms with Gasteiger partial charge in [0.2, 0.25) is 0 Å². The van der Waals surface area contributed by atoms with Gasteiger partial charge in [-0.25, -0.2) is 4.39 Å². The molecular formula is C20H19FN2O. The van der Waals surface area contributed by atoms with Gasteiger partial charge in [-0.3, -0.25) is 4.79 Å². The maximum absolute atomic E-state index is 13.4. The molecule has 1 saturated carbocycles. The van der Waals surface area contributed by atoms with E-state index in [4.69, 9.17) is 0 Å². The number of hydrogen-bond acceptors (Lipinski definition) is 1. The second-order valence-corrected chi connectivity index (χ2v) is 6.72. The first-order chi connectivity index (χ1) is 11.6. The van der Waals surface area contributed by atoms with Crippen LogP contribution in [0.25, 0.3) is 10.9 Å². The van der Waals surface area contributed by atoms with E-state index in [9.17, 15) is 9.18 Å². The molecule has 4 rings (SSSR count). The number of rotatable bonds is 4. The molecule has 0 atom stereocenters. The maximum atomic E-state index is 13.4. The van der Waals surface area contributed by atoms with Gasteiger partial charge in [-0.2, -0.15) is 0 Å². The highest BCUT2D eigenvalue weighted by Gasteiger charge is 2.45. The fourth-order valence-electron chi connectivity index (χ4n) is 3.37. The summed E-state index contributed by atoms with van der Waals surface area (Å²) >= 11 is 0.